The minimum absolute atomic E-state index is 0.158. The molecule has 1 N–H and O–H groups in total. The van der Waals surface area contributed by atoms with Gasteiger partial charge in [-0.25, -0.2) is 0 Å². The van der Waals surface area contributed by atoms with Gasteiger partial charge in [0.05, 0.1) is 18.3 Å². The Bertz CT molecular complexity index is 262. The molecule has 5 atom stereocenters. The average Bonchev–Trinajstić information content (AvgIpc) is 2.36. The lowest BCUT2D eigenvalue weighted by atomic mass is 9.78. The number of allylic oxidation sites excluding steroid dienone is 1. The van der Waals surface area contributed by atoms with E-state index in [9.17, 15) is 5.11 Å². The molecule has 1 saturated heterocycles. The summed E-state index contributed by atoms with van der Waals surface area (Å²) in [5, 5.41) is 10.3. The summed E-state index contributed by atoms with van der Waals surface area (Å²) < 4.78 is 6.26. The number of ether oxygens (including phenoxy) is 1. The first kappa shape index (κ1) is 13.1. The van der Waals surface area contributed by atoms with Crippen molar-refractivity contribution in [2.75, 3.05) is 0 Å². The van der Waals surface area contributed by atoms with Crippen LogP contribution in [0.4, 0.5) is 0 Å². The molecule has 2 rings (SSSR count). The predicted molar refractivity (Wildman–Crippen MR) is 69.8 cm³/mol. The Morgan fingerprint density at radius 2 is 2.06 bits per heavy atom. The molecular weight excluding hydrogens is 212 g/mol. The summed E-state index contributed by atoms with van der Waals surface area (Å²) >= 11 is 0. The Hall–Kier alpha value is -0.340. The summed E-state index contributed by atoms with van der Waals surface area (Å²) in [5.74, 6) is 0.969. The van der Waals surface area contributed by atoms with Crippen molar-refractivity contribution in [1.29, 1.82) is 0 Å². The second kappa shape index (κ2) is 6.01. The van der Waals surface area contributed by atoms with Gasteiger partial charge in [0.1, 0.15) is 0 Å². The Morgan fingerprint density at radius 1 is 1.29 bits per heavy atom. The highest BCUT2D eigenvalue weighted by atomic mass is 16.5. The SMILES string of the molecule is CCC[C@H](CC)C1CC(O)C2CC=CCC2O1. The third-order valence-electron chi connectivity index (χ3n) is 4.45. The zero-order chi connectivity index (χ0) is 12.3. The number of aliphatic hydroxyl groups is 1. The number of fused-ring (bicyclic) bond motifs is 1. The van der Waals surface area contributed by atoms with Gasteiger partial charge < -0.3 is 9.84 Å². The van der Waals surface area contributed by atoms with Gasteiger partial charge in [-0.05, 0) is 25.2 Å². The average molecular weight is 238 g/mol. The summed E-state index contributed by atoms with van der Waals surface area (Å²) in [6.45, 7) is 4.47. The van der Waals surface area contributed by atoms with Crippen molar-refractivity contribution in [1.82, 2.24) is 0 Å². The van der Waals surface area contributed by atoms with Crippen LogP contribution in [0.2, 0.25) is 0 Å². The van der Waals surface area contributed by atoms with Crippen molar-refractivity contribution in [3.05, 3.63) is 12.2 Å². The van der Waals surface area contributed by atoms with Crippen molar-refractivity contribution < 1.29 is 9.84 Å². The monoisotopic (exact) mass is 238 g/mol. The van der Waals surface area contributed by atoms with E-state index in [-0.39, 0.29) is 18.3 Å². The molecule has 2 aliphatic rings. The largest absolute Gasteiger partial charge is 0.393 e. The third-order valence-corrected chi connectivity index (χ3v) is 4.45. The number of aliphatic hydroxyl groups excluding tert-OH is 1. The van der Waals surface area contributed by atoms with Crippen LogP contribution in [0, 0.1) is 11.8 Å². The minimum Gasteiger partial charge on any atom is -0.393 e. The highest BCUT2D eigenvalue weighted by molar-refractivity contribution is 5.00. The molecule has 1 aliphatic heterocycles. The van der Waals surface area contributed by atoms with Crippen LogP contribution in [0.15, 0.2) is 12.2 Å². The minimum atomic E-state index is -0.158. The van der Waals surface area contributed by atoms with Gasteiger partial charge in [-0.2, -0.15) is 0 Å². The molecule has 1 fully saturated rings. The summed E-state index contributed by atoms with van der Waals surface area (Å²) in [6.07, 6.45) is 11.2. The Kier molecular flexibility index (Phi) is 4.63. The molecule has 0 aromatic heterocycles. The number of rotatable bonds is 4. The van der Waals surface area contributed by atoms with Gasteiger partial charge in [-0.15, -0.1) is 0 Å². The summed E-state index contributed by atoms with van der Waals surface area (Å²) in [6, 6.07) is 0. The molecule has 2 heteroatoms. The predicted octanol–water partition coefficient (Wildman–Crippen LogP) is 3.30. The van der Waals surface area contributed by atoms with Crippen LogP contribution in [0.1, 0.15) is 52.4 Å². The summed E-state index contributed by atoms with van der Waals surface area (Å²) in [5.41, 5.74) is 0. The van der Waals surface area contributed by atoms with Gasteiger partial charge in [0.15, 0.2) is 0 Å². The first-order chi connectivity index (χ1) is 8.26. The van der Waals surface area contributed by atoms with E-state index < -0.39 is 0 Å². The van der Waals surface area contributed by atoms with Crippen LogP contribution in [-0.4, -0.2) is 23.4 Å². The van der Waals surface area contributed by atoms with Crippen LogP contribution in [-0.2, 0) is 4.74 Å². The zero-order valence-corrected chi connectivity index (χ0v) is 11.1. The second-order valence-corrected chi connectivity index (χ2v) is 5.58. The molecule has 0 amide bonds. The molecule has 17 heavy (non-hydrogen) atoms. The maximum atomic E-state index is 10.3. The van der Waals surface area contributed by atoms with Crippen molar-refractivity contribution in [2.45, 2.75) is 70.7 Å². The van der Waals surface area contributed by atoms with E-state index in [1.807, 2.05) is 0 Å². The van der Waals surface area contributed by atoms with Gasteiger partial charge in [-0.1, -0.05) is 38.8 Å². The molecule has 1 heterocycles. The fraction of sp³-hybridized carbons (Fsp3) is 0.867. The third kappa shape index (κ3) is 2.92. The molecule has 2 nitrogen and oxygen atoms in total. The van der Waals surface area contributed by atoms with Crippen LogP contribution in [0.25, 0.3) is 0 Å². The standard InChI is InChI=1S/C15H26O2/c1-3-7-11(4-2)15-10-13(16)12-8-5-6-9-14(12)17-15/h5-6,11-16H,3-4,7-10H2,1-2H3/t11-,12?,13?,14?,15?/m0/s1. The first-order valence-corrected chi connectivity index (χ1v) is 7.24. The number of hydrogen-bond donors (Lipinski definition) is 1. The Balaban J connectivity index is 2.00. The molecule has 98 valence electrons. The van der Waals surface area contributed by atoms with Gasteiger partial charge in [0.2, 0.25) is 0 Å². The summed E-state index contributed by atoms with van der Waals surface area (Å²) in [7, 11) is 0. The fourth-order valence-corrected chi connectivity index (χ4v) is 3.39. The second-order valence-electron chi connectivity index (χ2n) is 5.58. The summed E-state index contributed by atoms with van der Waals surface area (Å²) in [4.78, 5) is 0. The fourth-order valence-electron chi connectivity index (χ4n) is 3.39. The van der Waals surface area contributed by atoms with Gasteiger partial charge in [0.25, 0.3) is 0 Å². The lowest BCUT2D eigenvalue weighted by molar-refractivity contribution is -0.154. The van der Waals surface area contributed by atoms with Gasteiger partial charge >= 0.3 is 0 Å². The van der Waals surface area contributed by atoms with E-state index in [0.717, 1.165) is 19.3 Å². The van der Waals surface area contributed by atoms with E-state index in [1.165, 1.54) is 19.3 Å². The molecule has 0 bridgehead atoms. The molecule has 0 spiro atoms. The van der Waals surface area contributed by atoms with E-state index in [1.54, 1.807) is 0 Å². The lowest BCUT2D eigenvalue weighted by Gasteiger charge is -2.43. The van der Waals surface area contributed by atoms with Crippen LogP contribution in [0.3, 0.4) is 0 Å². The van der Waals surface area contributed by atoms with Crippen LogP contribution >= 0.6 is 0 Å². The molecular formula is C15H26O2. The van der Waals surface area contributed by atoms with E-state index >= 15 is 0 Å². The molecule has 4 unspecified atom stereocenters. The smallest absolute Gasteiger partial charge is 0.0669 e. The first-order valence-electron chi connectivity index (χ1n) is 7.24. The maximum Gasteiger partial charge on any atom is 0.0669 e. The van der Waals surface area contributed by atoms with Gasteiger partial charge in [-0.3, -0.25) is 0 Å². The van der Waals surface area contributed by atoms with E-state index in [2.05, 4.69) is 26.0 Å². The highest BCUT2D eigenvalue weighted by Crippen LogP contribution is 2.37. The van der Waals surface area contributed by atoms with Crippen molar-refractivity contribution in [3.63, 3.8) is 0 Å². The normalized spacial score (nSPS) is 38.8. The topological polar surface area (TPSA) is 29.5 Å². The lowest BCUT2D eigenvalue weighted by Crippen LogP contribution is -2.47. The number of hydrogen-bond acceptors (Lipinski definition) is 2. The maximum absolute atomic E-state index is 10.3. The van der Waals surface area contributed by atoms with Gasteiger partial charge in [0, 0.05) is 12.3 Å². The molecule has 0 aromatic carbocycles. The van der Waals surface area contributed by atoms with Crippen molar-refractivity contribution in [2.24, 2.45) is 11.8 Å². The molecule has 0 radical (unpaired) electrons. The van der Waals surface area contributed by atoms with Crippen molar-refractivity contribution in [3.8, 4) is 0 Å². The molecule has 1 aliphatic carbocycles. The highest BCUT2D eigenvalue weighted by Gasteiger charge is 2.39. The van der Waals surface area contributed by atoms with Crippen LogP contribution in [0.5, 0.6) is 0 Å². The quantitative estimate of drug-likeness (QED) is 0.761. The van der Waals surface area contributed by atoms with Crippen LogP contribution < -0.4 is 0 Å². The zero-order valence-electron chi connectivity index (χ0n) is 11.1. The Morgan fingerprint density at radius 3 is 2.76 bits per heavy atom. The van der Waals surface area contributed by atoms with Crippen molar-refractivity contribution >= 4 is 0 Å². The molecule has 0 aromatic rings. The van der Waals surface area contributed by atoms with E-state index in [4.69, 9.17) is 4.74 Å². The Labute approximate surface area is 105 Å². The van der Waals surface area contributed by atoms with E-state index in [0.29, 0.717) is 11.8 Å². The molecule has 0 saturated carbocycles.